The van der Waals surface area contributed by atoms with Crippen LogP contribution in [0.4, 0.5) is 5.69 Å². The van der Waals surface area contributed by atoms with Crippen molar-refractivity contribution in [3.8, 4) is 0 Å². The van der Waals surface area contributed by atoms with E-state index in [4.69, 9.17) is 0 Å². The average molecular weight is 284 g/mol. The molecule has 0 spiro atoms. The second kappa shape index (κ2) is 5.68. The van der Waals surface area contributed by atoms with Crippen LogP contribution in [0.2, 0.25) is 0 Å². The van der Waals surface area contributed by atoms with E-state index in [0.717, 1.165) is 17.5 Å². The Morgan fingerprint density at radius 1 is 1.10 bits per heavy atom. The number of anilines is 1. The molecule has 0 radical (unpaired) electrons. The molecule has 0 amide bonds. The molecule has 1 aromatic heterocycles. The van der Waals surface area contributed by atoms with Gasteiger partial charge in [-0.3, -0.25) is 5.10 Å². The van der Waals surface area contributed by atoms with Crippen LogP contribution in [0.25, 0.3) is 10.9 Å². The molecule has 1 aliphatic carbocycles. The third-order valence-electron chi connectivity index (χ3n) is 5.23. The first-order valence-electron chi connectivity index (χ1n) is 8.33. The topological polar surface area (TPSA) is 52.7 Å². The number of hydrogen-bond donors (Lipinski definition) is 3. The van der Waals surface area contributed by atoms with Crippen LogP contribution >= 0.6 is 0 Å². The van der Waals surface area contributed by atoms with Gasteiger partial charge in [0.15, 0.2) is 0 Å². The van der Waals surface area contributed by atoms with E-state index in [2.05, 4.69) is 39.0 Å². The van der Waals surface area contributed by atoms with Gasteiger partial charge in [0.1, 0.15) is 0 Å². The van der Waals surface area contributed by atoms with Gasteiger partial charge in [-0.2, -0.15) is 5.10 Å². The lowest BCUT2D eigenvalue weighted by Crippen LogP contribution is -2.43. The van der Waals surface area contributed by atoms with Crippen molar-refractivity contribution in [3.05, 3.63) is 24.4 Å². The first kappa shape index (κ1) is 13.1. The van der Waals surface area contributed by atoms with E-state index < -0.39 is 0 Å². The van der Waals surface area contributed by atoms with Gasteiger partial charge in [-0.25, -0.2) is 0 Å². The van der Waals surface area contributed by atoms with Crippen molar-refractivity contribution in [3.63, 3.8) is 0 Å². The first-order valence-corrected chi connectivity index (χ1v) is 8.33. The van der Waals surface area contributed by atoms with E-state index in [1.54, 1.807) is 0 Å². The van der Waals surface area contributed by atoms with Crippen molar-refractivity contribution in [1.82, 2.24) is 15.5 Å². The maximum atomic E-state index is 4.10. The van der Waals surface area contributed by atoms with Crippen LogP contribution < -0.4 is 10.6 Å². The number of hydrogen-bond acceptors (Lipinski definition) is 3. The minimum Gasteiger partial charge on any atom is -0.382 e. The molecule has 3 unspecified atom stereocenters. The quantitative estimate of drug-likeness (QED) is 0.810. The van der Waals surface area contributed by atoms with Gasteiger partial charge in [0, 0.05) is 23.2 Å². The molecule has 112 valence electrons. The number of nitrogens with zero attached hydrogens (tertiary/aromatic N) is 1. The molecule has 2 aliphatic rings. The highest BCUT2D eigenvalue weighted by molar-refractivity contribution is 5.81. The fourth-order valence-corrected chi connectivity index (χ4v) is 4.14. The van der Waals surface area contributed by atoms with Crippen molar-refractivity contribution < 1.29 is 0 Å². The van der Waals surface area contributed by atoms with Crippen LogP contribution in [0.15, 0.2) is 24.4 Å². The fourth-order valence-electron chi connectivity index (χ4n) is 4.14. The summed E-state index contributed by atoms with van der Waals surface area (Å²) in [6.45, 7) is 1.20. The lowest BCUT2D eigenvalue weighted by Gasteiger charge is -2.36. The molecular weight excluding hydrogens is 260 g/mol. The van der Waals surface area contributed by atoms with Gasteiger partial charge in [-0.05, 0) is 56.3 Å². The first-order chi connectivity index (χ1) is 10.4. The lowest BCUT2D eigenvalue weighted by atomic mass is 9.79. The zero-order valence-electron chi connectivity index (χ0n) is 12.4. The van der Waals surface area contributed by atoms with Gasteiger partial charge in [0.25, 0.3) is 0 Å². The van der Waals surface area contributed by atoms with Gasteiger partial charge < -0.3 is 10.6 Å². The molecule has 4 heteroatoms. The molecule has 3 N–H and O–H groups in total. The lowest BCUT2D eigenvalue weighted by molar-refractivity contribution is 0.263. The van der Waals surface area contributed by atoms with E-state index in [0.29, 0.717) is 6.04 Å². The van der Waals surface area contributed by atoms with Crippen LogP contribution in [0.1, 0.15) is 38.5 Å². The molecule has 3 atom stereocenters. The molecule has 2 fully saturated rings. The van der Waals surface area contributed by atoms with Gasteiger partial charge in [-0.15, -0.1) is 0 Å². The summed E-state index contributed by atoms with van der Waals surface area (Å²) in [4.78, 5) is 0. The third-order valence-corrected chi connectivity index (χ3v) is 5.23. The fraction of sp³-hybridized carbons (Fsp3) is 0.588. The molecular formula is C17H24N4. The summed E-state index contributed by atoms with van der Waals surface area (Å²) in [7, 11) is 0. The summed E-state index contributed by atoms with van der Waals surface area (Å²) < 4.78 is 0. The highest BCUT2D eigenvalue weighted by Crippen LogP contribution is 2.33. The molecule has 2 heterocycles. The summed E-state index contributed by atoms with van der Waals surface area (Å²) in [5.74, 6) is 0.777. The normalized spacial score (nSPS) is 29.8. The zero-order chi connectivity index (χ0) is 14.1. The molecule has 1 aromatic carbocycles. The Hall–Kier alpha value is -1.55. The van der Waals surface area contributed by atoms with Crippen molar-refractivity contribution in [2.75, 3.05) is 11.9 Å². The molecule has 4 nitrogen and oxygen atoms in total. The summed E-state index contributed by atoms with van der Waals surface area (Å²) in [6.07, 6.45) is 9.97. The van der Waals surface area contributed by atoms with Gasteiger partial charge in [0.05, 0.1) is 11.7 Å². The van der Waals surface area contributed by atoms with E-state index >= 15 is 0 Å². The summed E-state index contributed by atoms with van der Waals surface area (Å²) >= 11 is 0. The van der Waals surface area contributed by atoms with Crippen molar-refractivity contribution in [2.45, 2.75) is 50.6 Å². The summed E-state index contributed by atoms with van der Waals surface area (Å²) in [5.41, 5.74) is 2.34. The molecule has 1 saturated heterocycles. The van der Waals surface area contributed by atoms with Crippen molar-refractivity contribution in [2.24, 2.45) is 5.92 Å². The van der Waals surface area contributed by atoms with E-state index in [9.17, 15) is 0 Å². The van der Waals surface area contributed by atoms with Crippen molar-refractivity contribution in [1.29, 1.82) is 0 Å². The minimum absolute atomic E-state index is 0.606. The zero-order valence-corrected chi connectivity index (χ0v) is 12.4. The van der Waals surface area contributed by atoms with Gasteiger partial charge in [0.2, 0.25) is 0 Å². The van der Waals surface area contributed by atoms with E-state index in [1.807, 2.05) is 6.20 Å². The second-order valence-electron chi connectivity index (χ2n) is 6.57. The SMILES string of the molecule is c1cc2cn[nH]c2cc1NC1CCCCC1C1CCCN1. The number of H-pyrrole nitrogens is 1. The average Bonchev–Trinajstić information content (AvgIpc) is 3.19. The highest BCUT2D eigenvalue weighted by atomic mass is 15.1. The molecule has 1 aliphatic heterocycles. The third kappa shape index (κ3) is 2.64. The van der Waals surface area contributed by atoms with E-state index in [1.165, 1.54) is 56.1 Å². The Morgan fingerprint density at radius 3 is 2.95 bits per heavy atom. The van der Waals surface area contributed by atoms with Crippen molar-refractivity contribution >= 4 is 16.6 Å². The number of rotatable bonds is 3. The number of aromatic amines is 1. The predicted molar refractivity (Wildman–Crippen MR) is 86.5 cm³/mol. The monoisotopic (exact) mass is 284 g/mol. The van der Waals surface area contributed by atoms with Crippen LogP contribution in [-0.2, 0) is 0 Å². The Labute approximate surface area is 125 Å². The second-order valence-corrected chi connectivity index (χ2v) is 6.57. The Morgan fingerprint density at radius 2 is 2.05 bits per heavy atom. The molecule has 1 saturated carbocycles. The number of nitrogens with one attached hydrogen (secondary N) is 3. The minimum atomic E-state index is 0.606. The Kier molecular flexibility index (Phi) is 3.55. The molecule has 4 rings (SSSR count). The van der Waals surface area contributed by atoms with Crippen LogP contribution in [0.3, 0.4) is 0 Å². The predicted octanol–water partition coefficient (Wildman–Crippen LogP) is 3.29. The Balaban J connectivity index is 1.52. The van der Waals surface area contributed by atoms with Crippen LogP contribution in [-0.4, -0.2) is 28.8 Å². The highest BCUT2D eigenvalue weighted by Gasteiger charge is 2.33. The molecule has 21 heavy (non-hydrogen) atoms. The largest absolute Gasteiger partial charge is 0.382 e. The summed E-state index contributed by atoms with van der Waals surface area (Å²) in [5, 5.41) is 15.9. The maximum absolute atomic E-state index is 4.10. The van der Waals surface area contributed by atoms with Gasteiger partial charge in [-0.1, -0.05) is 12.8 Å². The number of fused-ring (bicyclic) bond motifs is 1. The van der Waals surface area contributed by atoms with Gasteiger partial charge >= 0.3 is 0 Å². The molecule has 0 bridgehead atoms. The van der Waals surface area contributed by atoms with Crippen LogP contribution in [0, 0.1) is 5.92 Å². The number of benzene rings is 1. The van der Waals surface area contributed by atoms with Crippen LogP contribution in [0.5, 0.6) is 0 Å². The summed E-state index contributed by atoms with van der Waals surface area (Å²) in [6, 6.07) is 7.85. The smallest absolute Gasteiger partial charge is 0.0670 e. The number of aromatic nitrogens is 2. The standard InChI is InChI=1S/C17H24N4/c1-2-5-16(14(4-1)15-6-3-9-18-15)20-13-8-7-12-11-19-21-17(12)10-13/h7-8,10-11,14-16,18,20H,1-6,9H2,(H,19,21). The Bertz CT molecular complexity index is 600. The maximum Gasteiger partial charge on any atom is 0.0670 e. The van der Waals surface area contributed by atoms with E-state index in [-0.39, 0.29) is 0 Å². The molecule has 2 aromatic rings.